The van der Waals surface area contributed by atoms with Gasteiger partial charge in [-0.3, -0.25) is 0 Å². The summed E-state index contributed by atoms with van der Waals surface area (Å²) in [6.07, 6.45) is -4.43. The average Bonchev–Trinajstić information content (AvgIpc) is 2.76. The molecule has 0 bridgehead atoms. The lowest BCUT2D eigenvalue weighted by Gasteiger charge is -2.11. The minimum atomic E-state index is -4.39. The molecule has 1 aromatic rings. The summed E-state index contributed by atoms with van der Waals surface area (Å²) in [6, 6.07) is 5.32. The van der Waals surface area contributed by atoms with Gasteiger partial charge in [-0.05, 0) is 6.07 Å². The first-order chi connectivity index (χ1) is 8.02. The SMILES string of the molecule is FC(F)(F)c1ccccc1C1=NOC(CCl)C1. The van der Waals surface area contributed by atoms with E-state index in [0.29, 0.717) is 12.1 Å². The number of halogens is 4. The van der Waals surface area contributed by atoms with Crippen molar-refractivity contribution < 1.29 is 18.0 Å². The van der Waals surface area contributed by atoms with Crippen molar-refractivity contribution in [2.45, 2.75) is 18.7 Å². The first-order valence-corrected chi connectivity index (χ1v) is 5.51. The van der Waals surface area contributed by atoms with Crippen molar-refractivity contribution in [2.24, 2.45) is 5.16 Å². The van der Waals surface area contributed by atoms with E-state index >= 15 is 0 Å². The smallest absolute Gasteiger partial charge is 0.391 e. The van der Waals surface area contributed by atoms with Crippen LogP contribution in [0.3, 0.4) is 0 Å². The lowest BCUT2D eigenvalue weighted by Crippen LogP contribution is -2.15. The van der Waals surface area contributed by atoms with E-state index < -0.39 is 11.7 Å². The van der Waals surface area contributed by atoms with Gasteiger partial charge in [-0.2, -0.15) is 13.2 Å². The molecule has 1 aromatic carbocycles. The van der Waals surface area contributed by atoms with E-state index in [9.17, 15) is 13.2 Å². The van der Waals surface area contributed by atoms with Crippen LogP contribution in [0.1, 0.15) is 17.5 Å². The summed E-state index contributed by atoms with van der Waals surface area (Å²) in [4.78, 5) is 4.93. The van der Waals surface area contributed by atoms with Crippen LogP contribution in [0.4, 0.5) is 13.2 Å². The van der Waals surface area contributed by atoms with Crippen molar-refractivity contribution in [1.29, 1.82) is 0 Å². The normalized spacial score (nSPS) is 20.0. The summed E-state index contributed by atoms with van der Waals surface area (Å²) in [6.45, 7) is 0. The van der Waals surface area contributed by atoms with Crippen molar-refractivity contribution in [1.82, 2.24) is 0 Å². The third kappa shape index (κ3) is 2.54. The van der Waals surface area contributed by atoms with E-state index in [1.165, 1.54) is 12.1 Å². The minimum absolute atomic E-state index is 0.0626. The second-order valence-electron chi connectivity index (χ2n) is 3.67. The van der Waals surface area contributed by atoms with Crippen LogP contribution in [0.25, 0.3) is 0 Å². The van der Waals surface area contributed by atoms with Gasteiger partial charge in [-0.15, -0.1) is 11.6 Å². The topological polar surface area (TPSA) is 21.6 Å². The summed E-state index contributed by atoms with van der Waals surface area (Å²) in [5, 5.41) is 3.66. The molecular weight excluding hydrogens is 255 g/mol. The number of benzene rings is 1. The fourth-order valence-corrected chi connectivity index (χ4v) is 1.82. The van der Waals surface area contributed by atoms with Gasteiger partial charge in [0, 0.05) is 12.0 Å². The molecule has 0 fully saturated rings. The van der Waals surface area contributed by atoms with Crippen molar-refractivity contribution in [3.05, 3.63) is 35.4 Å². The molecule has 0 saturated heterocycles. The Kier molecular flexibility index (Phi) is 3.28. The molecule has 1 atom stereocenters. The Balaban J connectivity index is 2.34. The molecule has 0 saturated carbocycles. The standard InChI is InChI=1S/C11H9ClF3NO/c12-6-7-5-10(16-17-7)8-3-1-2-4-9(8)11(13,14)15/h1-4,7H,5-6H2. The second-order valence-corrected chi connectivity index (χ2v) is 3.98. The van der Waals surface area contributed by atoms with Crippen molar-refractivity contribution in [2.75, 3.05) is 5.88 Å². The second kappa shape index (κ2) is 4.56. The van der Waals surface area contributed by atoms with Gasteiger partial charge >= 0.3 is 6.18 Å². The van der Waals surface area contributed by atoms with Crippen LogP contribution in [0.5, 0.6) is 0 Å². The molecule has 2 nitrogen and oxygen atoms in total. The van der Waals surface area contributed by atoms with Crippen molar-refractivity contribution >= 4 is 17.3 Å². The third-order valence-electron chi connectivity index (χ3n) is 2.45. The summed E-state index contributed by atoms with van der Waals surface area (Å²) in [7, 11) is 0. The molecule has 1 aliphatic rings. The van der Waals surface area contributed by atoms with Gasteiger partial charge < -0.3 is 4.84 Å². The molecule has 0 radical (unpaired) electrons. The average molecular weight is 264 g/mol. The fourth-order valence-electron chi connectivity index (χ4n) is 1.65. The van der Waals surface area contributed by atoms with E-state index in [2.05, 4.69) is 5.16 Å². The molecule has 1 unspecified atom stereocenters. The zero-order valence-corrected chi connectivity index (χ0v) is 9.42. The minimum Gasteiger partial charge on any atom is -0.391 e. The Bertz CT molecular complexity index is 445. The molecular formula is C11H9ClF3NO. The maximum atomic E-state index is 12.8. The first kappa shape index (κ1) is 12.2. The summed E-state index contributed by atoms with van der Waals surface area (Å²) in [5.74, 6) is 0.210. The van der Waals surface area contributed by atoms with E-state index in [-0.39, 0.29) is 17.5 Å². The van der Waals surface area contributed by atoms with Gasteiger partial charge in [-0.25, -0.2) is 0 Å². The molecule has 0 N–H and O–H groups in total. The Hall–Kier alpha value is -1.23. The van der Waals surface area contributed by atoms with Gasteiger partial charge in [-0.1, -0.05) is 23.4 Å². The maximum Gasteiger partial charge on any atom is 0.417 e. The van der Waals surface area contributed by atoms with Crippen LogP contribution in [-0.4, -0.2) is 17.7 Å². The summed E-state index contributed by atoms with van der Waals surface area (Å²) >= 11 is 5.57. The highest BCUT2D eigenvalue weighted by molar-refractivity contribution is 6.18. The first-order valence-electron chi connectivity index (χ1n) is 4.97. The molecule has 92 valence electrons. The van der Waals surface area contributed by atoms with Gasteiger partial charge in [0.2, 0.25) is 0 Å². The Morgan fingerprint density at radius 2 is 2.06 bits per heavy atom. The lowest BCUT2D eigenvalue weighted by molar-refractivity contribution is -0.137. The van der Waals surface area contributed by atoms with Crippen LogP contribution in [-0.2, 0) is 11.0 Å². The monoisotopic (exact) mass is 263 g/mol. The molecule has 0 spiro atoms. The van der Waals surface area contributed by atoms with Gasteiger partial charge in [0.15, 0.2) is 0 Å². The quantitative estimate of drug-likeness (QED) is 0.749. The van der Waals surface area contributed by atoms with Crippen LogP contribution in [0.15, 0.2) is 29.4 Å². The number of hydrogen-bond acceptors (Lipinski definition) is 2. The van der Waals surface area contributed by atoms with Gasteiger partial charge in [0.1, 0.15) is 6.10 Å². The van der Waals surface area contributed by atoms with Crippen LogP contribution in [0.2, 0.25) is 0 Å². The van der Waals surface area contributed by atoms with Crippen LogP contribution >= 0.6 is 11.6 Å². The number of alkyl halides is 4. The van der Waals surface area contributed by atoms with E-state index in [1.807, 2.05) is 0 Å². The van der Waals surface area contributed by atoms with Gasteiger partial charge in [0.25, 0.3) is 0 Å². The van der Waals surface area contributed by atoms with Crippen LogP contribution in [0, 0.1) is 0 Å². The Morgan fingerprint density at radius 1 is 1.35 bits per heavy atom. The van der Waals surface area contributed by atoms with Gasteiger partial charge in [0.05, 0.1) is 17.2 Å². The van der Waals surface area contributed by atoms with E-state index in [4.69, 9.17) is 16.4 Å². The highest BCUT2D eigenvalue weighted by Crippen LogP contribution is 2.33. The molecule has 17 heavy (non-hydrogen) atoms. The van der Waals surface area contributed by atoms with Crippen molar-refractivity contribution in [3.8, 4) is 0 Å². The highest BCUT2D eigenvalue weighted by atomic mass is 35.5. The maximum absolute atomic E-state index is 12.8. The zero-order chi connectivity index (χ0) is 12.5. The molecule has 2 rings (SSSR count). The highest BCUT2D eigenvalue weighted by Gasteiger charge is 2.35. The molecule has 0 aliphatic carbocycles. The van der Waals surface area contributed by atoms with Crippen LogP contribution < -0.4 is 0 Å². The third-order valence-corrected chi connectivity index (χ3v) is 2.79. The molecule has 1 heterocycles. The predicted octanol–water partition coefficient (Wildman–Crippen LogP) is 3.44. The fraction of sp³-hybridized carbons (Fsp3) is 0.364. The Morgan fingerprint density at radius 3 is 2.65 bits per heavy atom. The largest absolute Gasteiger partial charge is 0.417 e. The number of oxime groups is 1. The number of nitrogens with zero attached hydrogens (tertiary/aromatic N) is 1. The molecule has 0 aromatic heterocycles. The van der Waals surface area contributed by atoms with Crippen molar-refractivity contribution in [3.63, 3.8) is 0 Å². The lowest BCUT2D eigenvalue weighted by atomic mass is 9.99. The molecule has 6 heteroatoms. The summed E-state index contributed by atoms with van der Waals surface area (Å²) in [5.41, 5.74) is -0.339. The van der Waals surface area contributed by atoms with E-state index in [0.717, 1.165) is 6.07 Å². The predicted molar refractivity (Wildman–Crippen MR) is 58.2 cm³/mol. The zero-order valence-electron chi connectivity index (χ0n) is 8.67. The number of hydrogen-bond donors (Lipinski definition) is 0. The van der Waals surface area contributed by atoms with E-state index in [1.54, 1.807) is 6.07 Å². The summed E-state index contributed by atoms with van der Waals surface area (Å²) < 4.78 is 38.3. The molecule has 1 aliphatic heterocycles. The number of rotatable bonds is 2. The Labute approximate surface area is 101 Å². The molecule has 0 amide bonds.